The lowest BCUT2D eigenvalue weighted by molar-refractivity contribution is -0.119. The van der Waals surface area contributed by atoms with Gasteiger partial charge in [0.1, 0.15) is 11.6 Å². The van der Waals surface area contributed by atoms with Gasteiger partial charge in [0.25, 0.3) is 0 Å². The molecule has 0 aliphatic heterocycles. The molecule has 0 bridgehead atoms. The van der Waals surface area contributed by atoms with Crippen molar-refractivity contribution in [2.75, 3.05) is 12.9 Å². The topological polar surface area (TPSA) is 38.3 Å². The molecule has 1 amide bonds. The highest BCUT2D eigenvalue weighted by molar-refractivity contribution is 7.99. The molecule has 0 spiro atoms. The van der Waals surface area contributed by atoms with E-state index in [9.17, 15) is 9.18 Å². The van der Waals surface area contributed by atoms with E-state index in [2.05, 4.69) is 5.32 Å². The number of rotatable bonds is 7. The number of hydrogen-bond donors (Lipinski definition) is 1. The van der Waals surface area contributed by atoms with Crippen LogP contribution < -0.4 is 10.1 Å². The molecule has 0 aliphatic carbocycles. The third-order valence-corrected chi connectivity index (χ3v) is 4.41. The fourth-order valence-electron chi connectivity index (χ4n) is 2.10. The number of benzene rings is 2. The fourth-order valence-corrected chi connectivity index (χ4v) is 2.90. The smallest absolute Gasteiger partial charge is 0.230 e. The predicted octanol–water partition coefficient (Wildman–Crippen LogP) is 3.94. The Balaban J connectivity index is 1.74. The maximum Gasteiger partial charge on any atom is 0.230 e. The summed E-state index contributed by atoms with van der Waals surface area (Å²) in [6, 6.07) is 13.8. The Morgan fingerprint density at radius 3 is 2.43 bits per heavy atom. The quantitative estimate of drug-likeness (QED) is 0.834. The van der Waals surface area contributed by atoms with Crippen molar-refractivity contribution in [2.45, 2.75) is 18.7 Å². The van der Waals surface area contributed by atoms with Crippen molar-refractivity contribution in [1.82, 2.24) is 5.32 Å². The summed E-state index contributed by atoms with van der Waals surface area (Å²) in [5.41, 5.74) is 2.04. The summed E-state index contributed by atoms with van der Waals surface area (Å²) >= 11 is 1.55. The molecule has 2 rings (SSSR count). The van der Waals surface area contributed by atoms with Crippen molar-refractivity contribution < 1.29 is 13.9 Å². The van der Waals surface area contributed by atoms with Gasteiger partial charge in [-0.1, -0.05) is 24.3 Å². The van der Waals surface area contributed by atoms with Gasteiger partial charge in [-0.05, 0) is 42.3 Å². The van der Waals surface area contributed by atoms with Crippen molar-refractivity contribution in [2.24, 2.45) is 0 Å². The number of amides is 1. The van der Waals surface area contributed by atoms with Gasteiger partial charge in [0.15, 0.2) is 0 Å². The summed E-state index contributed by atoms with van der Waals surface area (Å²) in [4.78, 5) is 12.0. The zero-order valence-electron chi connectivity index (χ0n) is 13.2. The molecule has 3 nitrogen and oxygen atoms in total. The van der Waals surface area contributed by atoms with Crippen LogP contribution in [0.3, 0.4) is 0 Å². The van der Waals surface area contributed by atoms with Crippen molar-refractivity contribution in [3.63, 3.8) is 0 Å². The normalized spacial score (nSPS) is 11.8. The molecule has 0 aliphatic rings. The molecule has 0 aromatic heterocycles. The summed E-state index contributed by atoms with van der Waals surface area (Å²) in [6.45, 7) is 1.89. The van der Waals surface area contributed by atoms with Crippen LogP contribution in [0.2, 0.25) is 0 Å². The molecular weight excluding hydrogens is 313 g/mol. The SMILES string of the molecule is COc1ccc(CSCC(=O)NC(C)c2ccc(F)cc2)cc1. The minimum absolute atomic E-state index is 0.0275. The Morgan fingerprint density at radius 2 is 1.83 bits per heavy atom. The van der Waals surface area contributed by atoms with E-state index in [4.69, 9.17) is 4.74 Å². The lowest BCUT2D eigenvalue weighted by atomic mass is 10.1. The zero-order valence-corrected chi connectivity index (χ0v) is 14.0. The molecule has 0 heterocycles. The van der Waals surface area contributed by atoms with Crippen LogP contribution in [0.1, 0.15) is 24.1 Å². The van der Waals surface area contributed by atoms with Crippen LogP contribution in [-0.2, 0) is 10.5 Å². The molecule has 1 unspecified atom stereocenters. The van der Waals surface area contributed by atoms with E-state index in [1.165, 1.54) is 12.1 Å². The van der Waals surface area contributed by atoms with Gasteiger partial charge in [-0.25, -0.2) is 4.39 Å². The summed E-state index contributed by atoms with van der Waals surface area (Å²) in [7, 11) is 1.64. The molecule has 0 saturated heterocycles. The summed E-state index contributed by atoms with van der Waals surface area (Å²) in [5, 5.41) is 2.92. The lowest BCUT2D eigenvalue weighted by Crippen LogP contribution is -2.28. The molecule has 0 fully saturated rings. The van der Waals surface area contributed by atoms with Crippen molar-refractivity contribution in [3.8, 4) is 5.75 Å². The van der Waals surface area contributed by atoms with E-state index in [1.807, 2.05) is 31.2 Å². The number of methoxy groups -OCH3 is 1. The average molecular weight is 333 g/mol. The van der Waals surface area contributed by atoms with E-state index in [-0.39, 0.29) is 17.8 Å². The van der Waals surface area contributed by atoms with E-state index in [0.717, 1.165) is 22.6 Å². The molecule has 23 heavy (non-hydrogen) atoms. The Kier molecular flexibility index (Phi) is 6.47. The Bertz CT molecular complexity index is 628. The molecule has 1 N–H and O–H groups in total. The first kappa shape index (κ1) is 17.3. The Morgan fingerprint density at radius 1 is 1.17 bits per heavy atom. The largest absolute Gasteiger partial charge is 0.497 e. The van der Waals surface area contributed by atoms with Gasteiger partial charge in [-0.3, -0.25) is 4.79 Å². The molecule has 0 radical (unpaired) electrons. The van der Waals surface area contributed by atoms with Gasteiger partial charge in [-0.2, -0.15) is 0 Å². The maximum atomic E-state index is 12.9. The number of nitrogens with one attached hydrogen (secondary N) is 1. The van der Waals surface area contributed by atoms with Gasteiger partial charge < -0.3 is 10.1 Å². The molecular formula is C18H20FNO2S. The standard InChI is InChI=1S/C18H20FNO2S/c1-13(15-5-7-16(19)8-6-15)20-18(21)12-23-11-14-3-9-17(22-2)10-4-14/h3-10,13H,11-12H2,1-2H3,(H,20,21). The highest BCUT2D eigenvalue weighted by Gasteiger charge is 2.09. The number of halogens is 1. The first-order valence-corrected chi connectivity index (χ1v) is 8.49. The van der Waals surface area contributed by atoms with Gasteiger partial charge in [0.2, 0.25) is 5.91 Å². The molecule has 122 valence electrons. The van der Waals surface area contributed by atoms with Crippen LogP contribution in [-0.4, -0.2) is 18.8 Å². The van der Waals surface area contributed by atoms with E-state index < -0.39 is 0 Å². The molecule has 1 atom stereocenters. The zero-order chi connectivity index (χ0) is 16.7. The number of ether oxygens (including phenoxy) is 1. The summed E-state index contributed by atoms with van der Waals surface area (Å²) in [5.74, 6) is 1.67. The van der Waals surface area contributed by atoms with Crippen LogP contribution in [0.4, 0.5) is 4.39 Å². The highest BCUT2D eigenvalue weighted by atomic mass is 32.2. The summed E-state index contributed by atoms with van der Waals surface area (Å²) < 4.78 is 18.0. The van der Waals surface area contributed by atoms with Crippen molar-refractivity contribution >= 4 is 17.7 Å². The minimum Gasteiger partial charge on any atom is -0.497 e. The average Bonchev–Trinajstić information content (AvgIpc) is 2.56. The minimum atomic E-state index is -0.276. The van der Waals surface area contributed by atoms with Gasteiger partial charge in [0, 0.05) is 5.75 Å². The summed E-state index contributed by atoms with van der Waals surface area (Å²) in [6.07, 6.45) is 0. The third kappa shape index (κ3) is 5.60. The number of carbonyl (C=O) groups excluding carboxylic acids is 1. The molecule has 2 aromatic carbocycles. The van der Waals surface area contributed by atoms with E-state index in [0.29, 0.717) is 5.75 Å². The van der Waals surface area contributed by atoms with Gasteiger partial charge >= 0.3 is 0 Å². The van der Waals surface area contributed by atoms with Crippen LogP contribution in [0, 0.1) is 5.82 Å². The number of hydrogen-bond acceptors (Lipinski definition) is 3. The molecule has 5 heteroatoms. The van der Waals surface area contributed by atoms with Crippen LogP contribution >= 0.6 is 11.8 Å². The van der Waals surface area contributed by atoms with Gasteiger partial charge in [-0.15, -0.1) is 11.8 Å². The second kappa shape index (κ2) is 8.58. The maximum absolute atomic E-state index is 12.9. The Hall–Kier alpha value is -2.01. The Labute approximate surface area is 140 Å². The molecule has 0 saturated carbocycles. The van der Waals surface area contributed by atoms with Crippen molar-refractivity contribution in [1.29, 1.82) is 0 Å². The number of carbonyl (C=O) groups is 1. The fraction of sp³-hybridized carbons (Fsp3) is 0.278. The second-order valence-corrected chi connectivity index (χ2v) is 6.17. The van der Waals surface area contributed by atoms with Crippen molar-refractivity contribution in [3.05, 3.63) is 65.5 Å². The van der Waals surface area contributed by atoms with Crippen LogP contribution in [0.5, 0.6) is 5.75 Å². The number of thioether (sulfide) groups is 1. The second-order valence-electron chi connectivity index (χ2n) is 5.18. The lowest BCUT2D eigenvalue weighted by Gasteiger charge is -2.14. The highest BCUT2D eigenvalue weighted by Crippen LogP contribution is 2.17. The monoisotopic (exact) mass is 333 g/mol. The first-order valence-electron chi connectivity index (χ1n) is 7.34. The first-order chi connectivity index (χ1) is 11.1. The predicted molar refractivity (Wildman–Crippen MR) is 92.1 cm³/mol. The van der Waals surface area contributed by atoms with Crippen LogP contribution in [0.25, 0.3) is 0 Å². The van der Waals surface area contributed by atoms with Crippen LogP contribution in [0.15, 0.2) is 48.5 Å². The van der Waals surface area contributed by atoms with E-state index in [1.54, 1.807) is 31.0 Å². The van der Waals surface area contributed by atoms with E-state index >= 15 is 0 Å². The third-order valence-electron chi connectivity index (χ3n) is 3.41. The molecule has 2 aromatic rings. The van der Waals surface area contributed by atoms with Gasteiger partial charge in [0.05, 0.1) is 18.9 Å².